The number of ether oxygens (including phenoxy) is 2. The molecule has 0 spiro atoms. The number of nitrogens with one attached hydrogen (secondary N) is 1. The Kier molecular flexibility index (Phi) is 5.09. The Bertz CT molecular complexity index is 1330. The maximum Gasteiger partial charge on any atom is 0.277 e. The molecule has 1 N–H and O–H groups in total. The molecule has 0 bridgehead atoms. The Labute approximate surface area is 190 Å². The van der Waals surface area contributed by atoms with Gasteiger partial charge in [-0.1, -0.05) is 35.9 Å². The maximum absolute atomic E-state index is 13.6. The summed E-state index contributed by atoms with van der Waals surface area (Å²) < 4.78 is 24.6. The van der Waals surface area contributed by atoms with E-state index < -0.39 is 6.04 Å². The highest BCUT2D eigenvalue weighted by Gasteiger charge is 2.43. The average molecular weight is 443 g/mol. The number of methoxy groups -OCH3 is 2. The maximum atomic E-state index is 13.6. The lowest BCUT2D eigenvalue weighted by Gasteiger charge is -2.27. The summed E-state index contributed by atoms with van der Waals surface area (Å²) in [6, 6.07) is 19.0. The quantitative estimate of drug-likeness (QED) is 0.455. The van der Waals surface area contributed by atoms with Crippen molar-refractivity contribution in [2.24, 2.45) is 0 Å². The summed E-state index contributed by atoms with van der Waals surface area (Å²) in [6.07, 6.45) is 0. The van der Waals surface area contributed by atoms with Crippen molar-refractivity contribution in [3.63, 3.8) is 0 Å². The molecule has 1 aromatic heterocycles. The van der Waals surface area contributed by atoms with Crippen LogP contribution in [-0.4, -0.2) is 30.3 Å². The molecule has 0 saturated carbocycles. The minimum absolute atomic E-state index is 0.234. The first kappa shape index (κ1) is 20.8. The van der Waals surface area contributed by atoms with Crippen molar-refractivity contribution in [2.75, 3.05) is 19.1 Å². The summed E-state index contributed by atoms with van der Waals surface area (Å²) in [7, 11) is 3.14. The highest BCUT2D eigenvalue weighted by atomic mass is 19.1. The summed E-state index contributed by atoms with van der Waals surface area (Å²) >= 11 is 0. The summed E-state index contributed by atoms with van der Waals surface area (Å²) in [6.45, 7) is 2.02. The molecule has 0 aliphatic carbocycles. The number of fused-ring (bicyclic) bond motifs is 1. The third-order valence-electron chi connectivity index (χ3n) is 5.92. The molecule has 4 aromatic rings. The summed E-state index contributed by atoms with van der Waals surface area (Å²) in [5, 5.41) is 7.43. The number of rotatable bonds is 5. The third-order valence-corrected chi connectivity index (χ3v) is 5.92. The first-order chi connectivity index (χ1) is 16.0. The number of aryl methyl sites for hydroxylation is 1. The largest absolute Gasteiger partial charge is 0.493 e. The second kappa shape index (κ2) is 8.09. The zero-order valence-electron chi connectivity index (χ0n) is 18.4. The van der Waals surface area contributed by atoms with E-state index >= 15 is 0 Å². The molecule has 7 heteroatoms. The smallest absolute Gasteiger partial charge is 0.277 e. The first-order valence-corrected chi connectivity index (χ1v) is 10.5. The van der Waals surface area contributed by atoms with Crippen LogP contribution in [0.5, 0.6) is 11.5 Å². The molecule has 0 saturated heterocycles. The standard InChI is InChI=1S/C26H22FN3O3/c1-15-4-6-16(7-5-15)23-22-24(29-28-23)26(31)30(19-11-9-18(27)10-12-19)25(22)17-8-13-20(32-2)21(14-17)33-3/h4-14,25H,1-3H3,(H,28,29)/t25-/m0/s1. The molecule has 6 nitrogen and oxygen atoms in total. The lowest BCUT2D eigenvalue weighted by Crippen LogP contribution is -2.29. The predicted molar refractivity (Wildman–Crippen MR) is 123 cm³/mol. The highest BCUT2D eigenvalue weighted by molar-refractivity contribution is 6.11. The number of benzene rings is 3. The number of hydrogen-bond acceptors (Lipinski definition) is 4. The van der Waals surface area contributed by atoms with Gasteiger partial charge in [0, 0.05) is 16.8 Å². The van der Waals surface area contributed by atoms with Gasteiger partial charge in [0.25, 0.3) is 5.91 Å². The lowest BCUT2D eigenvalue weighted by atomic mass is 9.95. The molecule has 166 valence electrons. The molecular weight excluding hydrogens is 421 g/mol. The molecule has 5 rings (SSSR count). The average Bonchev–Trinajstić information content (AvgIpc) is 3.39. The van der Waals surface area contributed by atoms with Gasteiger partial charge in [-0.25, -0.2) is 4.39 Å². The van der Waals surface area contributed by atoms with Crippen molar-refractivity contribution >= 4 is 11.6 Å². The van der Waals surface area contributed by atoms with Crippen molar-refractivity contribution in [1.82, 2.24) is 10.2 Å². The van der Waals surface area contributed by atoms with Crippen LogP contribution >= 0.6 is 0 Å². The van der Waals surface area contributed by atoms with Gasteiger partial charge >= 0.3 is 0 Å². The van der Waals surface area contributed by atoms with E-state index in [-0.39, 0.29) is 11.7 Å². The SMILES string of the molecule is COc1ccc([C@H]2c3c(-c4ccc(C)cc4)n[nH]c3C(=O)N2c2ccc(F)cc2)cc1OC. The monoisotopic (exact) mass is 443 g/mol. The van der Waals surface area contributed by atoms with Crippen LogP contribution in [-0.2, 0) is 0 Å². The van der Waals surface area contributed by atoms with E-state index in [2.05, 4.69) is 10.2 Å². The minimum atomic E-state index is -0.493. The molecule has 2 heterocycles. The lowest BCUT2D eigenvalue weighted by molar-refractivity contribution is 0.0988. The van der Waals surface area contributed by atoms with Gasteiger partial charge in [-0.05, 0) is 48.9 Å². The number of anilines is 1. The Balaban J connectivity index is 1.72. The summed E-state index contributed by atoms with van der Waals surface area (Å²) in [5.41, 5.74) is 5.31. The highest BCUT2D eigenvalue weighted by Crippen LogP contribution is 2.46. The fraction of sp³-hybridized carbons (Fsp3) is 0.154. The minimum Gasteiger partial charge on any atom is -0.493 e. The van der Waals surface area contributed by atoms with E-state index in [1.807, 2.05) is 49.4 Å². The Hall–Kier alpha value is -4.13. The summed E-state index contributed by atoms with van der Waals surface area (Å²) in [4.78, 5) is 15.2. The molecule has 0 radical (unpaired) electrons. The van der Waals surface area contributed by atoms with Crippen molar-refractivity contribution in [3.05, 3.63) is 94.9 Å². The molecule has 1 aliphatic rings. The van der Waals surface area contributed by atoms with Crippen LogP contribution in [0.2, 0.25) is 0 Å². The van der Waals surface area contributed by atoms with Crippen molar-refractivity contribution in [2.45, 2.75) is 13.0 Å². The van der Waals surface area contributed by atoms with Crippen molar-refractivity contribution < 1.29 is 18.7 Å². The van der Waals surface area contributed by atoms with Crippen LogP contribution in [0.4, 0.5) is 10.1 Å². The van der Waals surface area contributed by atoms with Gasteiger partial charge in [0.1, 0.15) is 11.5 Å². The number of hydrogen-bond donors (Lipinski definition) is 1. The van der Waals surface area contributed by atoms with Crippen LogP contribution in [0.3, 0.4) is 0 Å². The Morgan fingerprint density at radius 2 is 1.64 bits per heavy atom. The molecule has 0 fully saturated rings. The van der Waals surface area contributed by atoms with Crippen LogP contribution in [0.25, 0.3) is 11.3 Å². The molecule has 0 unspecified atom stereocenters. The number of H-pyrrole nitrogens is 1. The van der Waals surface area contributed by atoms with Gasteiger partial charge in [0.15, 0.2) is 11.5 Å². The normalized spacial score (nSPS) is 15.0. The number of aromatic nitrogens is 2. The zero-order valence-corrected chi connectivity index (χ0v) is 18.4. The molecule has 1 amide bonds. The predicted octanol–water partition coefficient (Wildman–Crippen LogP) is 5.29. The van der Waals surface area contributed by atoms with Crippen LogP contribution < -0.4 is 14.4 Å². The second-order valence-electron chi connectivity index (χ2n) is 7.90. The Morgan fingerprint density at radius 3 is 2.30 bits per heavy atom. The van der Waals surface area contributed by atoms with Crippen LogP contribution in [0.1, 0.15) is 33.2 Å². The molecular formula is C26H22FN3O3. The van der Waals surface area contributed by atoms with E-state index in [4.69, 9.17) is 9.47 Å². The fourth-order valence-electron chi connectivity index (χ4n) is 4.28. The number of aromatic amines is 1. The molecule has 1 atom stereocenters. The van der Waals surface area contributed by atoms with E-state index in [0.29, 0.717) is 28.6 Å². The van der Waals surface area contributed by atoms with Crippen LogP contribution in [0, 0.1) is 12.7 Å². The van der Waals surface area contributed by atoms with Gasteiger partial charge in [0.2, 0.25) is 0 Å². The van der Waals surface area contributed by atoms with E-state index in [1.54, 1.807) is 31.3 Å². The van der Waals surface area contributed by atoms with Gasteiger partial charge in [0.05, 0.1) is 26.0 Å². The number of nitrogens with zero attached hydrogens (tertiary/aromatic N) is 2. The van der Waals surface area contributed by atoms with Gasteiger partial charge in [-0.3, -0.25) is 14.8 Å². The second-order valence-corrected chi connectivity index (χ2v) is 7.90. The zero-order chi connectivity index (χ0) is 23.1. The van der Waals surface area contributed by atoms with E-state index in [1.165, 1.54) is 12.1 Å². The first-order valence-electron chi connectivity index (χ1n) is 10.5. The number of halogens is 1. The summed E-state index contributed by atoms with van der Waals surface area (Å²) in [5.74, 6) is 0.538. The van der Waals surface area contributed by atoms with E-state index in [9.17, 15) is 9.18 Å². The van der Waals surface area contributed by atoms with Gasteiger partial charge < -0.3 is 9.47 Å². The van der Waals surface area contributed by atoms with Crippen LogP contribution in [0.15, 0.2) is 66.7 Å². The fourth-order valence-corrected chi connectivity index (χ4v) is 4.28. The van der Waals surface area contributed by atoms with Gasteiger partial charge in [-0.15, -0.1) is 0 Å². The molecule has 3 aromatic carbocycles. The van der Waals surface area contributed by atoms with Crippen molar-refractivity contribution in [1.29, 1.82) is 0 Å². The topological polar surface area (TPSA) is 67.5 Å². The number of amides is 1. The van der Waals surface area contributed by atoms with E-state index in [0.717, 1.165) is 22.3 Å². The molecule has 33 heavy (non-hydrogen) atoms. The third kappa shape index (κ3) is 3.42. The van der Waals surface area contributed by atoms with Gasteiger partial charge in [-0.2, -0.15) is 5.10 Å². The van der Waals surface area contributed by atoms with Crippen molar-refractivity contribution in [3.8, 4) is 22.8 Å². The molecule has 1 aliphatic heterocycles. The number of carbonyl (C=O) groups is 1. The number of carbonyl (C=O) groups excluding carboxylic acids is 1. The Morgan fingerprint density at radius 1 is 0.939 bits per heavy atom.